The number of hydrogen-bond donors (Lipinski definition) is 1. The molecule has 0 bridgehead atoms. The molecule has 1 aromatic heterocycles. The zero-order valence-corrected chi connectivity index (χ0v) is 11.0. The molecule has 0 spiro atoms. The van der Waals surface area contributed by atoms with Crippen LogP contribution in [0.15, 0.2) is 48.8 Å². The Labute approximate surface area is 112 Å². The van der Waals surface area contributed by atoms with Gasteiger partial charge in [-0.15, -0.1) is 0 Å². The van der Waals surface area contributed by atoms with Crippen LogP contribution in [0.4, 0.5) is 5.69 Å². The number of aromatic nitrogens is 1. The van der Waals surface area contributed by atoms with Crippen molar-refractivity contribution >= 4 is 22.9 Å². The van der Waals surface area contributed by atoms with Gasteiger partial charge < -0.3 is 10.6 Å². The molecule has 0 aliphatic carbocycles. The minimum absolute atomic E-state index is 0.425. The van der Waals surface area contributed by atoms with Gasteiger partial charge in [0.2, 0.25) is 0 Å². The predicted molar refractivity (Wildman–Crippen MR) is 78.7 cm³/mol. The van der Waals surface area contributed by atoms with E-state index >= 15 is 0 Å². The standard InChI is InChI=1S/C14H15N3S/c1-17(10-11-5-7-16-8-6-11)13-4-2-3-12(9-13)14(15)18/h2-9H,10H2,1H3,(H2,15,18). The lowest BCUT2D eigenvalue weighted by Crippen LogP contribution is -2.17. The number of thiocarbonyl (C=S) groups is 1. The summed E-state index contributed by atoms with van der Waals surface area (Å²) >= 11 is 4.99. The van der Waals surface area contributed by atoms with Crippen LogP contribution in [0.3, 0.4) is 0 Å². The van der Waals surface area contributed by atoms with Crippen molar-refractivity contribution in [1.29, 1.82) is 0 Å². The minimum atomic E-state index is 0.425. The van der Waals surface area contributed by atoms with Crippen molar-refractivity contribution < 1.29 is 0 Å². The van der Waals surface area contributed by atoms with Crippen molar-refractivity contribution in [3.05, 3.63) is 59.9 Å². The van der Waals surface area contributed by atoms with Gasteiger partial charge in [-0.3, -0.25) is 4.98 Å². The van der Waals surface area contributed by atoms with E-state index in [0.29, 0.717) is 4.99 Å². The first-order chi connectivity index (χ1) is 8.66. The van der Waals surface area contributed by atoms with E-state index in [9.17, 15) is 0 Å². The molecule has 4 heteroatoms. The summed E-state index contributed by atoms with van der Waals surface area (Å²) in [6.07, 6.45) is 3.60. The van der Waals surface area contributed by atoms with Crippen LogP contribution in [0, 0.1) is 0 Å². The smallest absolute Gasteiger partial charge is 0.104 e. The molecule has 1 aromatic carbocycles. The van der Waals surface area contributed by atoms with Crippen molar-refractivity contribution in [2.75, 3.05) is 11.9 Å². The topological polar surface area (TPSA) is 42.2 Å². The Bertz CT molecular complexity index is 540. The highest BCUT2D eigenvalue weighted by Gasteiger charge is 2.04. The molecule has 1 heterocycles. The highest BCUT2D eigenvalue weighted by Crippen LogP contribution is 2.17. The van der Waals surface area contributed by atoms with Gasteiger partial charge in [-0.25, -0.2) is 0 Å². The van der Waals surface area contributed by atoms with E-state index in [2.05, 4.69) is 9.88 Å². The maximum Gasteiger partial charge on any atom is 0.104 e. The number of hydrogen-bond acceptors (Lipinski definition) is 3. The maximum absolute atomic E-state index is 5.64. The van der Waals surface area contributed by atoms with Crippen LogP contribution in [-0.2, 0) is 6.54 Å². The summed E-state index contributed by atoms with van der Waals surface area (Å²) in [6, 6.07) is 12.0. The predicted octanol–water partition coefficient (Wildman–Crippen LogP) is 2.35. The zero-order chi connectivity index (χ0) is 13.0. The molecule has 0 atom stereocenters. The minimum Gasteiger partial charge on any atom is -0.389 e. The fraction of sp³-hybridized carbons (Fsp3) is 0.143. The molecule has 2 aromatic rings. The molecule has 0 fully saturated rings. The molecule has 0 radical (unpaired) electrons. The highest BCUT2D eigenvalue weighted by atomic mass is 32.1. The average molecular weight is 257 g/mol. The van der Waals surface area contributed by atoms with Crippen LogP contribution in [0.25, 0.3) is 0 Å². The van der Waals surface area contributed by atoms with Gasteiger partial charge in [0.25, 0.3) is 0 Å². The molecular formula is C14H15N3S. The van der Waals surface area contributed by atoms with Crippen LogP contribution in [0.2, 0.25) is 0 Å². The summed E-state index contributed by atoms with van der Waals surface area (Å²) in [6.45, 7) is 0.823. The molecule has 0 unspecified atom stereocenters. The number of pyridine rings is 1. The number of anilines is 1. The van der Waals surface area contributed by atoms with E-state index in [-0.39, 0.29) is 0 Å². The summed E-state index contributed by atoms with van der Waals surface area (Å²) in [4.78, 5) is 6.59. The van der Waals surface area contributed by atoms with Crippen LogP contribution in [0.5, 0.6) is 0 Å². The normalized spacial score (nSPS) is 10.1. The summed E-state index contributed by atoms with van der Waals surface area (Å²) in [7, 11) is 2.04. The third kappa shape index (κ3) is 3.05. The SMILES string of the molecule is CN(Cc1ccncc1)c1cccc(C(N)=S)c1. The Morgan fingerprint density at radius 3 is 2.67 bits per heavy atom. The molecule has 0 amide bonds. The van der Waals surface area contributed by atoms with Crippen molar-refractivity contribution in [3.8, 4) is 0 Å². The highest BCUT2D eigenvalue weighted by molar-refractivity contribution is 7.80. The molecule has 0 saturated carbocycles. The molecule has 0 aliphatic rings. The second-order valence-corrected chi connectivity index (χ2v) is 4.57. The lowest BCUT2D eigenvalue weighted by atomic mass is 10.1. The lowest BCUT2D eigenvalue weighted by Gasteiger charge is -2.20. The van der Waals surface area contributed by atoms with Crippen molar-refractivity contribution in [3.63, 3.8) is 0 Å². The summed E-state index contributed by atoms with van der Waals surface area (Å²) < 4.78 is 0. The monoisotopic (exact) mass is 257 g/mol. The van der Waals surface area contributed by atoms with E-state index in [0.717, 1.165) is 17.8 Å². The Hall–Kier alpha value is -1.94. The fourth-order valence-corrected chi connectivity index (χ4v) is 1.88. The number of rotatable bonds is 4. The molecule has 3 nitrogen and oxygen atoms in total. The van der Waals surface area contributed by atoms with E-state index in [1.807, 2.05) is 43.4 Å². The van der Waals surface area contributed by atoms with E-state index < -0.39 is 0 Å². The molecular weight excluding hydrogens is 242 g/mol. The molecule has 18 heavy (non-hydrogen) atoms. The van der Waals surface area contributed by atoms with Gasteiger partial charge in [-0.1, -0.05) is 24.4 Å². The Morgan fingerprint density at radius 2 is 2.00 bits per heavy atom. The third-order valence-electron chi connectivity index (χ3n) is 2.74. The summed E-state index contributed by atoms with van der Waals surface area (Å²) in [5.74, 6) is 0. The largest absolute Gasteiger partial charge is 0.389 e. The van der Waals surface area contributed by atoms with Crippen LogP contribution < -0.4 is 10.6 Å². The third-order valence-corrected chi connectivity index (χ3v) is 2.98. The van der Waals surface area contributed by atoms with Gasteiger partial charge in [0.15, 0.2) is 0 Å². The van der Waals surface area contributed by atoms with Gasteiger partial charge in [-0.2, -0.15) is 0 Å². The quantitative estimate of drug-likeness (QED) is 0.854. The number of benzene rings is 1. The van der Waals surface area contributed by atoms with Crippen LogP contribution in [0.1, 0.15) is 11.1 Å². The van der Waals surface area contributed by atoms with Gasteiger partial charge in [0, 0.05) is 37.2 Å². The molecule has 0 aliphatic heterocycles. The first-order valence-corrected chi connectivity index (χ1v) is 6.07. The lowest BCUT2D eigenvalue weighted by molar-refractivity contribution is 0.919. The van der Waals surface area contributed by atoms with Crippen LogP contribution in [-0.4, -0.2) is 17.0 Å². The Morgan fingerprint density at radius 1 is 1.28 bits per heavy atom. The maximum atomic E-state index is 5.64. The van der Waals surface area contributed by atoms with E-state index in [1.54, 1.807) is 12.4 Å². The second-order valence-electron chi connectivity index (χ2n) is 4.13. The average Bonchev–Trinajstić information content (AvgIpc) is 2.40. The van der Waals surface area contributed by atoms with Crippen molar-refractivity contribution in [2.45, 2.75) is 6.54 Å². The van der Waals surface area contributed by atoms with Crippen molar-refractivity contribution in [1.82, 2.24) is 4.98 Å². The summed E-state index contributed by atoms with van der Waals surface area (Å²) in [5.41, 5.74) is 8.84. The fourth-order valence-electron chi connectivity index (χ4n) is 1.75. The number of nitrogens with two attached hydrogens (primary N) is 1. The van der Waals surface area contributed by atoms with Crippen molar-refractivity contribution in [2.24, 2.45) is 5.73 Å². The number of nitrogens with zero attached hydrogens (tertiary/aromatic N) is 2. The first kappa shape index (κ1) is 12.5. The van der Waals surface area contributed by atoms with E-state index in [4.69, 9.17) is 18.0 Å². The van der Waals surface area contributed by atoms with Gasteiger partial charge in [0.1, 0.15) is 4.99 Å². The van der Waals surface area contributed by atoms with E-state index in [1.165, 1.54) is 5.56 Å². The second kappa shape index (κ2) is 5.60. The van der Waals surface area contributed by atoms with Gasteiger partial charge in [-0.05, 0) is 29.8 Å². The molecule has 2 rings (SSSR count). The Balaban J connectivity index is 2.16. The molecule has 92 valence electrons. The van der Waals surface area contributed by atoms with Gasteiger partial charge >= 0.3 is 0 Å². The van der Waals surface area contributed by atoms with Crippen LogP contribution >= 0.6 is 12.2 Å². The van der Waals surface area contributed by atoms with Gasteiger partial charge in [0.05, 0.1) is 0 Å². The first-order valence-electron chi connectivity index (χ1n) is 5.67. The summed E-state index contributed by atoms with van der Waals surface area (Å²) in [5, 5.41) is 0. The molecule has 2 N–H and O–H groups in total. The molecule has 0 saturated heterocycles. The zero-order valence-electron chi connectivity index (χ0n) is 10.2. The Kier molecular flexibility index (Phi) is 3.89.